The number of carbonyl (C=O) groups excluding carboxylic acids is 2. The average Bonchev–Trinajstić information content (AvgIpc) is 3.21. The summed E-state index contributed by atoms with van der Waals surface area (Å²) >= 11 is 1.64. The van der Waals surface area contributed by atoms with Gasteiger partial charge in [0.25, 0.3) is 5.91 Å². The van der Waals surface area contributed by atoms with Crippen LogP contribution in [0, 0.1) is 0 Å². The van der Waals surface area contributed by atoms with Crippen molar-refractivity contribution in [3.05, 3.63) is 58.5 Å². The van der Waals surface area contributed by atoms with Crippen LogP contribution < -0.4 is 5.32 Å². The zero-order valence-electron chi connectivity index (χ0n) is 12.3. The predicted molar refractivity (Wildman–Crippen MR) is 87.5 cm³/mol. The second-order valence-corrected chi connectivity index (χ2v) is 5.94. The molecule has 118 valence electrons. The number of amides is 1. The van der Waals surface area contributed by atoms with Crippen molar-refractivity contribution in [1.82, 2.24) is 5.32 Å². The molecular formula is C17H15NO4S. The summed E-state index contributed by atoms with van der Waals surface area (Å²) in [4.78, 5) is 24.7. The van der Waals surface area contributed by atoms with Gasteiger partial charge in [0.15, 0.2) is 6.61 Å². The molecule has 2 heterocycles. The van der Waals surface area contributed by atoms with Gasteiger partial charge in [-0.25, -0.2) is 4.79 Å². The van der Waals surface area contributed by atoms with Crippen LogP contribution in [0.2, 0.25) is 0 Å². The van der Waals surface area contributed by atoms with Gasteiger partial charge >= 0.3 is 5.97 Å². The Morgan fingerprint density at radius 2 is 2.04 bits per heavy atom. The highest BCUT2D eigenvalue weighted by Gasteiger charge is 2.15. The maximum absolute atomic E-state index is 11.9. The molecule has 23 heavy (non-hydrogen) atoms. The van der Waals surface area contributed by atoms with E-state index in [4.69, 9.17) is 9.15 Å². The zero-order valence-corrected chi connectivity index (χ0v) is 13.1. The lowest BCUT2D eigenvalue weighted by molar-refractivity contribution is -0.124. The van der Waals surface area contributed by atoms with Gasteiger partial charge in [0, 0.05) is 16.8 Å². The molecule has 5 nitrogen and oxygen atoms in total. The molecule has 1 amide bonds. The van der Waals surface area contributed by atoms with Crippen molar-refractivity contribution in [2.24, 2.45) is 0 Å². The Labute approximate surface area is 136 Å². The summed E-state index contributed by atoms with van der Waals surface area (Å²) in [6.45, 7) is 0.196. The molecule has 0 bridgehead atoms. The van der Waals surface area contributed by atoms with Gasteiger partial charge < -0.3 is 14.5 Å². The smallest absolute Gasteiger partial charge is 0.374 e. The molecule has 0 spiro atoms. The molecule has 6 heteroatoms. The summed E-state index contributed by atoms with van der Waals surface area (Å²) in [6, 6.07) is 12.9. The molecule has 0 radical (unpaired) electrons. The fraction of sp³-hybridized carbons (Fsp3) is 0.176. The topological polar surface area (TPSA) is 68.5 Å². The van der Waals surface area contributed by atoms with Gasteiger partial charge in [-0.2, -0.15) is 0 Å². The summed E-state index contributed by atoms with van der Waals surface area (Å²) in [5, 5.41) is 5.53. The third-order valence-corrected chi connectivity index (χ3v) is 4.17. The number of carbonyl (C=O) groups is 2. The lowest BCUT2D eigenvalue weighted by Gasteiger charge is -2.04. The molecule has 0 aliphatic rings. The standard InChI is InChI=1S/C17H15NO4S/c19-16(18-8-7-13-5-3-9-23-13)11-21-17(20)15-10-12-4-1-2-6-14(12)22-15/h1-6,9-10H,7-8,11H2,(H,18,19). The van der Waals surface area contributed by atoms with Gasteiger partial charge in [0.1, 0.15) is 5.58 Å². The quantitative estimate of drug-likeness (QED) is 0.706. The largest absolute Gasteiger partial charge is 0.450 e. The Bertz CT molecular complexity index is 774. The first kappa shape index (κ1) is 15.3. The van der Waals surface area contributed by atoms with E-state index < -0.39 is 5.97 Å². The second-order valence-electron chi connectivity index (χ2n) is 4.90. The normalized spacial score (nSPS) is 10.6. The minimum absolute atomic E-state index is 0.0950. The van der Waals surface area contributed by atoms with E-state index in [1.165, 1.54) is 4.88 Å². The number of esters is 1. The molecule has 0 unspecified atom stereocenters. The number of hydrogen-bond donors (Lipinski definition) is 1. The van der Waals surface area contributed by atoms with Gasteiger partial charge in [-0.15, -0.1) is 11.3 Å². The van der Waals surface area contributed by atoms with Crippen LogP contribution >= 0.6 is 11.3 Å². The fourth-order valence-corrected chi connectivity index (χ4v) is 2.82. The molecule has 2 aromatic heterocycles. The highest BCUT2D eigenvalue weighted by atomic mass is 32.1. The molecule has 0 atom stereocenters. The third kappa shape index (κ3) is 3.98. The first-order chi connectivity index (χ1) is 11.2. The van der Waals surface area contributed by atoms with Gasteiger partial charge in [-0.05, 0) is 30.0 Å². The summed E-state index contributed by atoms with van der Waals surface area (Å²) < 4.78 is 10.4. The van der Waals surface area contributed by atoms with Crippen LogP contribution in [0.25, 0.3) is 11.0 Å². The van der Waals surface area contributed by atoms with E-state index in [0.29, 0.717) is 12.1 Å². The van der Waals surface area contributed by atoms with Crippen LogP contribution in [0.3, 0.4) is 0 Å². The number of nitrogens with one attached hydrogen (secondary N) is 1. The van der Waals surface area contributed by atoms with Crippen molar-refractivity contribution in [2.45, 2.75) is 6.42 Å². The maximum Gasteiger partial charge on any atom is 0.374 e. The van der Waals surface area contributed by atoms with Crippen LogP contribution in [-0.2, 0) is 16.0 Å². The molecule has 3 rings (SSSR count). The Morgan fingerprint density at radius 1 is 1.17 bits per heavy atom. The van der Waals surface area contributed by atoms with Crippen LogP contribution in [-0.4, -0.2) is 25.0 Å². The van der Waals surface area contributed by atoms with E-state index in [0.717, 1.165) is 11.8 Å². The second kappa shape index (κ2) is 7.11. The first-order valence-corrected chi connectivity index (χ1v) is 8.05. The molecular weight excluding hydrogens is 314 g/mol. The van der Waals surface area contributed by atoms with Crippen molar-refractivity contribution in [2.75, 3.05) is 13.2 Å². The molecule has 0 aliphatic carbocycles. The van der Waals surface area contributed by atoms with E-state index in [9.17, 15) is 9.59 Å². The molecule has 0 fully saturated rings. The Balaban J connectivity index is 1.45. The Kier molecular flexibility index (Phi) is 4.73. The number of fused-ring (bicyclic) bond motifs is 1. The lowest BCUT2D eigenvalue weighted by atomic mass is 10.2. The van der Waals surface area contributed by atoms with Gasteiger partial charge in [0.05, 0.1) is 0 Å². The van der Waals surface area contributed by atoms with E-state index in [-0.39, 0.29) is 18.3 Å². The predicted octanol–water partition coefficient (Wildman–Crippen LogP) is 3.01. The number of rotatable bonds is 6. The number of para-hydroxylation sites is 1. The third-order valence-electron chi connectivity index (χ3n) is 3.23. The molecule has 3 aromatic rings. The molecule has 1 aromatic carbocycles. The van der Waals surface area contributed by atoms with E-state index in [1.54, 1.807) is 23.5 Å². The SMILES string of the molecule is O=C(COC(=O)c1cc2ccccc2o1)NCCc1cccs1. The van der Waals surface area contributed by atoms with Crippen molar-refractivity contribution in [1.29, 1.82) is 0 Å². The highest BCUT2D eigenvalue weighted by molar-refractivity contribution is 7.09. The fourth-order valence-electron chi connectivity index (χ4n) is 2.12. The number of ether oxygens (including phenoxy) is 1. The van der Waals surface area contributed by atoms with Gasteiger partial charge in [-0.1, -0.05) is 24.3 Å². The van der Waals surface area contributed by atoms with Gasteiger partial charge in [-0.3, -0.25) is 4.79 Å². The Hall–Kier alpha value is -2.60. The van der Waals surface area contributed by atoms with E-state index in [1.807, 2.05) is 35.7 Å². The summed E-state index contributed by atoms with van der Waals surface area (Å²) in [5.41, 5.74) is 0.611. The number of furan rings is 1. The summed E-state index contributed by atoms with van der Waals surface area (Å²) in [6.07, 6.45) is 0.765. The molecule has 0 saturated heterocycles. The first-order valence-electron chi connectivity index (χ1n) is 7.17. The van der Waals surface area contributed by atoms with E-state index >= 15 is 0 Å². The zero-order chi connectivity index (χ0) is 16.1. The van der Waals surface area contributed by atoms with Crippen LogP contribution in [0.1, 0.15) is 15.4 Å². The highest BCUT2D eigenvalue weighted by Crippen LogP contribution is 2.19. The van der Waals surface area contributed by atoms with Gasteiger partial charge in [0.2, 0.25) is 5.76 Å². The summed E-state index contributed by atoms with van der Waals surface area (Å²) in [7, 11) is 0. The minimum atomic E-state index is -0.644. The monoisotopic (exact) mass is 329 g/mol. The number of thiophene rings is 1. The molecule has 0 aliphatic heterocycles. The molecule has 1 N–H and O–H groups in total. The number of benzene rings is 1. The van der Waals surface area contributed by atoms with E-state index in [2.05, 4.69) is 5.32 Å². The average molecular weight is 329 g/mol. The summed E-state index contributed by atoms with van der Waals surface area (Å²) in [5.74, 6) is -0.877. The van der Waals surface area contributed by atoms with Crippen LogP contribution in [0.15, 0.2) is 52.3 Å². The lowest BCUT2D eigenvalue weighted by Crippen LogP contribution is -2.30. The minimum Gasteiger partial charge on any atom is -0.450 e. The van der Waals surface area contributed by atoms with Crippen molar-refractivity contribution >= 4 is 34.2 Å². The van der Waals surface area contributed by atoms with Crippen molar-refractivity contribution in [3.63, 3.8) is 0 Å². The van der Waals surface area contributed by atoms with Crippen molar-refractivity contribution in [3.8, 4) is 0 Å². The van der Waals surface area contributed by atoms with Crippen molar-refractivity contribution < 1.29 is 18.7 Å². The van der Waals surface area contributed by atoms with Crippen LogP contribution in [0.5, 0.6) is 0 Å². The Morgan fingerprint density at radius 3 is 2.83 bits per heavy atom. The maximum atomic E-state index is 11.9. The number of hydrogen-bond acceptors (Lipinski definition) is 5. The van der Waals surface area contributed by atoms with Crippen LogP contribution in [0.4, 0.5) is 0 Å². The molecule has 0 saturated carbocycles.